The molecule has 0 saturated heterocycles. The van der Waals surface area contributed by atoms with Crippen molar-refractivity contribution in [3.05, 3.63) is 18.2 Å². The Hall–Kier alpha value is -3.13. The second kappa shape index (κ2) is 15.0. The van der Waals surface area contributed by atoms with Gasteiger partial charge in [-0.15, -0.1) is 0 Å². The Kier molecular flexibility index (Phi) is 12.8. The van der Waals surface area contributed by atoms with Crippen molar-refractivity contribution in [3.63, 3.8) is 0 Å². The van der Waals surface area contributed by atoms with Gasteiger partial charge in [-0.25, -0.2) is 9.78 Å². The van der Waals surface area contributed by atoms with Crippen LogP contribution < -0.4 is 21.7 Å². The molecule has 0 radical (unpaired) electrons. The molecule has 1 rings (SSSR count). The Morgan fingerprint density at radius 1 is 1.09 bits per heavy atom. The lowest BCUT2D eigenvalue weighted by molar-refractivity contribution is -0.142. The molecule has 0 aromatic carbocycles. The van der Waals surface area contributed by atoms with Crippen LogP contribution in [0.2, 0.25) is 0 Å². The third kappa shape index (κ3) is 10.3. The van der Waals surface area contributed by atoms with E-state index in [9.17, 15) is 29.1 Å². The zero-order chi connectivity index (χ0) is 26.5. The highest BCUT2D eigenvalue weighted by Gasteiger charge is 2.32. The molecule has 1 aromatic rings. The Bertz CT molecular complexity index is 866. The van der Waals surface area contributed by atoms with Gasteiger partial charge >= 0.3 is 11.9 Å². The van der Waals surface area contributed by atoms with Gasteiger partial charge in [-0.1, -0.05) is 20.3 Å². The van der Waals surface area contributed by atoms with Crippen LogP contribution >= 0.6 is 11.8 Å². The molecular weight excluding hydrogens is 480 g/mol. The maximum Gasteiger partial charge on any atom is 0.326 e. The molecule has 14 heteroatoms. The van der Waals surface area contributed by atoms with Crippen LogP contribution in [0.25, 0.3) is 0 Å². The van der Waals surface area contributed by atoms with E-state index >= 15 is 0 Å². The smallest absolute Gasteiger partial charge is 0.326 e. The number of hydrogen-bond acceptors (Lipinski definition) is 8. The summed E-state index contributed by atoms with van der Waals surface area (Å²) in [5, 5.41) is 25.9. The van der Waals surface area contributed by atoms with Crippen LogP contribution in [0.15, 0.2) is 12.5 Å². The van der Waals surface area contributed by atoms with Gasteiger partial charge in [-0.3, -0.25) is 19.2 Å². The molecule has 0 aliphatic rings. The summed E-state index contributed by atoms with van der Waals surface area (Å²) in [7, 11) is 0. The predicted molar refractivity (Wildman–Crippen MR) is 128 cm³/mol. The molecule has 35 heavy (non-hydrogen) atoms. The van der Waals surface area contributed by atoms with E-state index in [4.69, 9.17) is 10.8 Å². The summed E-state index contributed by atoms with van der Waals surface area (Å²) >= 11 is 1.44. The Morgan fingerprint density at radius 3 is 2.26 bits per heavy atom. The van der Waals surface area contributed by atoms with Crippen molar-refractivity contribution in [2.24, 2.45) is 11.7 Å². The first-order valence-corrected chi connectivity index (χ1v) is 12.5. The fourth-order valence-electron chi connectivity index (χ4n) is 3.10. The van der Waals surface area contributed by atoms with E-state index in [0.29, 0.717) is 17.9 Å². The summed E-state index contributed by atoms with van der Waals surface area (Å²) in [6.07, 6.45) is 4.74. The first kappa shape index (κ1) is 29.9. The number of thioether (sulfide) groups is 1. The number of nitrogens with one attached hydrogen (secondary N) is 4. The Labute approximate surface area is 207 Å². The molecule has 8 N–H and O–H groups in total. The molecule has 1 aromatic heterocycles. The van der Waals surface area contributed by atoms with Gasteiger partial charge in [0.1, 0.15) is 18.1 Å². The largest absolute Gasteiger partial charge is 0.481 e. The average molecular weight is 515 g/mol. The van der Waals surface area contributed by atoms with Crippen LogP contribution in [0.3, 0.4) is 0 Å². The zero-order valence-corrected chi connectivity index (χ0v) is 20.8. The average Bonchev–Trinajstić information content (AvgIpc) is 3.31. The van der Waals surface area contributed by atoms with Crippen molar-refractivity contribution in [2.45, 2.75) is 63.7 Å². The van der Waals surface area contributed by atoms with Crippen LogP contribution in [0.4, 0.5) is 0 Å². The molecular formula is C21H34N6O7S. The first-order chi connectivity index (χ1) is 16.5. The van der Waals surface area contributed by atoms with Crippen molar-refractivity contribution in [1.29, 1.82) is 0 Å². The van der Waals surface area contributed by atoms with E-state index in [-0.39, 0.29) is 18.8 Å². The summed E-state index contributed by atoms with van der Waals surface area (Å²) in [6, 6.07) is -4.73. The number of H-pyrrole nitrogens is 1. The Balaban J connectivity index is 2.98. The van der Waals surface area contributed by atoms with E-state index in [1.54, 1.807) is 13.8 Å². The number of aromatic amines is 1. The molecule has 5 unspecified atom stereocenters. The van der Waals surface area contributed by atoms with Crippen LogP contribution in [-0.4, -0.2) is 86.0 Å². The van der Waals surface area contributed by atoms with Crippen molar-refractivity contribution in [3.8, 4) is 0 Å². The van der Waals surface area contributed by atoms with E-state index in [0.717, 1.165) is 0 Å². The number of carbonyl (C=O) groups excluding carboxylic acids is 3. The summed E-state index contributed by atoms with van der Waals surface area (Å²) in [5.41, 5.74) is 6.12. The molecule has 196 valence electrons. The summed E-state index contributed by atoms with van der Waals surface area (Å²) < 4.78 is 0. The molecule has 13 nitrogen and oxygen atoms in total. The first-order valence-electron chi connectivity index (χ1n) is 11.1. The molecule has 0 aliphatic carbocycles. The van der Waals surface area contributed by atoms with Gasteiger partial charge in [-0.05, 0) is 24.3 Å². The second-order valence-corrected chi connectivity index (χ2v) is 9.08. The molecule has 0 bridgehead atoms. The number of nitrogens with zero attached hydrogens (tertiary/aromatic N) is 1. The molecule has 0 saturated carbocycles. The second-order valence-electron chi connectivity index (χ2n) is 8.10. The third-order valence-electron chi connectivity index (χ3n) is 5.36. The number of imidazole rings is 1. The minimum Gasteiger partial charge on any atom is -0.481 e. The van der Waals surface area contributed by atoms with Crippen molar-refractivity contribution in [1.82, 2.24) is 25.9 Å². The zero-order valence-electron chi connectivity index (χ0n) is 19.9. The van der Waals surface area contributed by atoms with Crippen LogP contribution in [-0.2, 0) is 30.4 Å². The number of carboxylic acid groups (broad SMARTS) is 2. The monoisotopic (exact) mass is 514 g/mol. The summed E-state index contributed by atoms with van der Waals surface area (Å²) in [4.78, 5) is 67.5. The van der Waals surface area contributed by atoms with E-state index in [2.05, 4.69) is 25.9 Å². The fourth-order valence-corrected chi connectivity index (χ4v) is 3.57. The molecule has 3 amide bonds. The minimum absolute atomic E-state index is 0.0305. The molecule has 1 heterocycles. The highest BCUT2D eigenvalue weighted by atomic mass is 32.2. The third-order valence-corrected chi connectivity index (χ3v) is 6.01. The highest BCUT2D eigenvalue weighted by molar-refractivity contribution is 7.98. The lowest BCUT2D eigenvalue weighted by Gasteiger charge is -2.27. The van der Waals surface area contributed by atoms with Crippen molar-refractivity contribution >= 4 is 41.4 Å². The number of carboxylic acids is 2. The van der Waals surface area contributed by atoms with Gasteiger partial charge in [0.2, 0.25) is 17.7 Å². The lowest BCUT2D eigenvalue weighted by atomic mass is 9.97. The minimum atomic E-state index is -1.35. The molecule has 0 aliphatic heterocycles. The number of carbonyl (C=O) groups is 5. The van der Waals surface area contributed by atoms with E-state index in [1.165, 1.54) is 24.3 Å². The predicted octanol–water partition coefficient (Wildman–Crippen LogP) is -0.908. The SMILES string of the molecule is CCC(C)C(NC(=O)C(N)CC(=O)O)C(=O)NC(CCSC)C(=O)NC(Cc1cnc[nH]1)C(=O)O. The lowest BCUT2D eigenvalue weighted by Crippen LogP contribution is -2.59. The summed E-state index contributed by atoms with van der Waals surface area (Å²) in [5.74, 6) is -4.50. The molecule has 5 atom stereocenters. The normalized spacial score (nSPS) is 15.2. The highest BCUT2D eigenvalue weighted by Crippen LogP contribution is 2.11. The van der Waals surface area contributed by atoms with Crippen LogP contribution in [0.5, 0.6) is 0 Å². The molecule has 0 spiro atoms. The number of amides is 3. The van der Waals surface area contributed by atoms with Gasteiger partial charge < -0.3 is 36.9 Å². The fraction of sp³-hybridized carbons (Fsp3) is 0.619. The number of aliphatic carboxylic acids is 2. The maximum absolute atomic E-state index is 13.1. The standard InChI is InChI=1S/C21H34N6O7S/c1-4-11(2)17(27-18(30)13(22)8-16(28)29)20(32)25-14(5-6-35-3)19(31)26-15(21(33)34)7-12-9-23-10-24-12/h9-11,13-15,17H,4-8,22H2,1-3H3,(H,23,24)(H,25,32)(H,26,31)(H,27,30)(H,28,29)(H,33,34). The summed E-state index contributed by atoms with van der Waals surface area (Å²) in [6.45, 7) is 3.52. The van der Waals surface area contributed by atoms with Gasteiger partial charge in [0.25, 0.3) is 0 Å². The van der Waals surface area contributed by atoms with E-state index < -0.39 is 60.2 Å². The van der Waals surface area contributed by atoms with Crippen molar-refractivity contribution in [2.75, 3.05) is 12.0 Å². The molecule has 0 fully saturated rings. The quantitative estimate of drug-likeness (QED) is 0.144. The number of hydrogen-bond donors (Lipinski definition) is 7. The van der Waals surface area contributed by atoms with Gasteiger partial charge in [0, 0.05) is 18.3 Å². The van der Waals surface area contributed by atoms with Gasteiger partial charge in [-0.2, -0.15) is 11.8 Å². The number of rotatable bonds is 16. The van der Waals surface area contributed by atoms with Crippen molar-refractivity contribution < 1.29 is 34.2 Å². The van der Waals surface area contributed by atoms with Crippen LogP contribution in [0, 0.1) is 5.92 Å². The number of aromatic nitrogens is 2. The topological polar surface area (TPSA) is 217 Å². The van der Waals surface area contributed by atoms with E-state index in [1.807, 2.05) is 6.26 Å². The van der Waals surface area contributed by atoms with Gasteiger partial charge in [0.05, 0.1) is 18.8 Å². The Morgan fingerprint density at radius 2 is 1.74 bits per heavy atom. The van der Waals surface area contributed by atoms with Gasteiger partial charge in [0.15, 0.2) is 0 Å². The maximum atomic E-state index is 13.1. The number of nitrogens with two attached hydrogens (primary N) is 1. The van der Waals surface area contributed by atoms with Crippen LogP contribution in [0.1, 0.15) is 38.8 Å².